The van der Waals surface area contributed by atoms with Gasteiger partial charge in [0.1, 0.15) is 11.9 Å². The summed E-state index contributed by atoms with van der Waals surface area (Å²) in [7, 11) is -3.94. The fraction of sp³-hybridized carbons (Fsp3) is 0.375. The van der Waals surface area contributed by atoms with Crippen molar-refractivity contribution in [2.24, 2.45) is 0 Å². The Morgan fingerprint density at radius 1 is 1.03 bits per heavy atom. The largest absolute Gasteiger partial charge is 0.394 e. The lowest BCUT2D eigenvalue weighted by molar-refractivity contribution is -0.135. The third kappa shape index (κ3) is 5.82. The highest BCUT2D eigenvalue weighted by Crippen LogP contribution is 2.21. The average molecular weight is 490 g/mol. The van der Waals surface area contributed by atoms with Gasteiger partial charge < -0.3 is 19.6 Å². The standard InChI is InChI=1S/C24H28FN3O5S/c25-18-6-9-21(10-7-18)34(31,32)26-22-11-8-20(33-23(22)17-29)16-24(30)28-14-12-27(13-15-28)19-4-2-1-3-5-19/h1-11,20,22-23,26,29H,12-17H2/t20-,22-,23-/m1/s1. The number of nitrogens with zero attached hydrogens (tertiary/aromatic N) is 2. The van der Waals surface area contributed by atoms with Crippen LogP contribution in [0.2, 0.25) is 0 Å². The third-order valence-electron chi connectivity index (χ3n) is 6.01. The van der Waals surface area contributed by atoms with Crippen molar-refractivity contribution in [3.05, 3.63) is 72.6 Å². The Bertz CT molecular complexity index is 1100. The van der Waals surface area contributed by atoms with Crippen LogP contribution < -0.4 is 9.62 Å². The van der Waals surface area contributed by atoms with Crippen molar-refractivity contribution >= 4 is 21.6 Å². The molecule has 1 saturated heterocycles. The summed E-state index contributed by atoms with van der Waals surface area (Å²) >= 11 is 0. The molecular weight excluding hydrogens is 461 g/mol. The van der Waals surface area contributed by atoms with Crippen molar-refractivity contribution in [1.82, 2.24) is 9.62 Å². The van der Waals surface area contributed by atoms with Gasteiger partial charge in [0.2, 0.25) is 15.9 Å². The number of anilines is 1. The van der Waals surface area contributed by atoms with Crippen LogP contribution in [-0.2, 0) is 19.6 Å². The second-order valence-corrected chi connectivity index (χ2v) is 10.0. The number of nitrogens with one attached hydrogen (secondary N) is 1. The van der Waals surface area contributed by atoms with Crippen molar-refractivity contribution in [1.29, 1.82) is 0 Å². The van der Waals surface area contributed by atoms with Gasteiger partial charge in [-0.1, -0.05) is 30.4 Å². The van der Waals surface area contributed by atoms with E-state index in [1.54, 1.807) is 17.1 Å². The van der Waals surface area contributed by atoms with Gasteiger partial charge in [0.15, 0.2) is 0 Å². The first-order chi connectivity index (χ1) is 16.4. The number of hydrogen-bond acceptors (Lipinski definition) is 6. The zero-order valence-corrected chi connectivity index (χ0v) is 19.4. The van der Waals surface area contributed by atoms with E-state index in [2.05, 4.69) is 9.62 Å². The number of amides is 1. The highest BCUT2D eigenvalue weighted by molar-refractivity contribution is 7.89. The highest BCUT2D eigenvalue weighted by Gasteiger charge is 2.32. The summed E-state index contributed by atoms with van der Waals surface area (Å²) in [5, 5.41) is 9.76. The SMILES string of the molecule is O=C(C[C@H]1C=C[C@@H](NS(=O)(=O)c2ccc(F)cc2)[C@@H](CO)O1)N1CCN(c2ccccc2)CC1. The van der Waals surface area contributed by atoms with Crippen molar-refractivity contribution in [2.75, 3.05) is 37.7 Å². The maximum atomic E-state index is 13.1. The Morgan fingerprint density at radius 2 is 1.71 bits per heavy atom. The summed E-state index contributed by atoms with van der Waals surface area (Å²) in [5.74, 6) is -0.591. The van der Waals surface area contributed by atoms with Crippen LogP contribution in [-0.4, -0.2) is 75.4 Å². The van der Waals surface area contributed by atoms with Gasteiger partial charge in [-0.15, -0.1) is 0 Å². The molecule has 2 aromatic rings. The van der Waals surface area contributed by atoms with E-state index in [-0.39, 0.29) is 17.2 Å². The molecule has 0 unspecified atom stereocenters. The molecule has 0 radical (unpaired) electrons. The first-order valence-corrected chi connectivity index (χ1v) is 12.6. The number of para-hydroxylation sites is 1. The van der Waals surface area contributed by atoms with Crippen molar-refractivity contribution in [2.45, 2.75) is 29.6 Å². The van der Waals surface area contributed by atoms with Crippen LogP contribution >= 0.6 is 0 Å². The van der Waals surface area contributed by atoms with Gasteiger partial charge in [-0.25, -0.2) is 17.5 Å². The highest BCUT2D eigenvalue weighted by atomic mass is 32.2. The minimum Gasteiger partial charge on any atom is -0.394 e. The Hall–Kier alpha value is -2.79. The Labute approximate surface area is 198 Å². The van der Waals surface area contributed by atoms with E-state index < -0.39 is 40.7 Å². The van der Waals surface area contributed by atoms with E-state index in [4.69, 9.17) is 4.74 Å². The molecule has 0 aromatic heterocycles. The molecule has 3 atom stereocenters. The van der Waals surface area contributed by atoms with E-state index in [1.807, 2.05) is 30.3 Å². The number of sulfonamides is 1. The first kappa shape index (κ1) is 24.3. The number of aliphatic hydroxyl groups is 1. The minimum atomic E-state index is -3.94. The number of hydrogen-bond donors (Lipinski definition) is 2. The van der Waals surface area contributed by atoms with Crippen molar-refractivity contribution in [3.63, 3.8) is 0 Å². The number of benzene rings is 2. The second kappa shape index (κ2) is 10.6. The normalized spacial score (nSPS) is 23.2. The van der Waals surface area contributed by atoms with Gasteiger partial charge in [0.05, 0.1) is 30.1 Å². The molecule has 2 N–H and O–H groups in total. The molecule has 2 heterocycles. The van der Waals surface area contributed by atoms with Crippen molar-refractivity contribution in [3.8, 4) is 0 Å². The van der Waals surface area contributed by atoms with E-state index in [9.17, 15) is 22.7 Å². The Kier molecular flexibility index (Phi) is 7.62. The van der Waals surface area contributed by atoms with Crippen LogP contribution in [0.25, 0.3) is 0 Å². The predicted octanol–water partition coefficient (Wildman–Crippen LogP) is 1.53. The molecule has 4 rings (SSSR count). The maximum Gasteiger partial charge on any atom is 0.241 e. The molecule has 8 nitrogen and oxygen atoms in total. The second-order valence-electron chi connectivity index (χ2n) is 8.29. The zero-order chi connectivity index (χ0) is 24.1. The fourth-order valence-corrected chi connectivity index (χ4v) is 5.34. The van der Waals surface area contributed by atoms with Crippen molar-refractivity contribution < 1.29 is 27.4 Å². The summed E-state index contributed by atoms with van der Waals surface area (Å²) in [6, 6.07) is 13.7. The number of carbonyl (C=O) groups excluding carboxylic acids is 1. The van der Waals surface area contributed by atoms with Gasteiger partial charge in [-0.3, -0.25) is 4.79 Å². The van der Waals surface area contributed by atoms with Gasteiger partial charge in [0, 0.05) is 31.9 Å². The van der Waals surface area contributed by atoms with Gasteiger partial charge >= 0.3 is 0 Å². The Morgan fingerprint density at radius 3 is 2.35 bits per heavy atom. The molecule has 10 heteroatoms. The first-order valence-electron chi connectivity index (χ1n) is 11.2. The number of aliphatic hydroxyl groups excluding tert-OH is 1. The molecule has 2 aromatic carbocycles. The summed E-state index contributed by atoms with van der Waals surface area (Å²) in [5.41, 5.74) is 1.13. The summed E-state index contributed by atoms with van der Waals surface area (Å²) in [6.07, 6.45) is 1.92. The molecule has 1 fully saturated rings. The van der Waals surface area contributed by atoms with Gasteiger partial charge in [-0.05, 0) is 36.4 Å². The lowest BCUT2D eigenvalue weighted by Crippen LogP contribution is -2.51. The van der Waals surface area contributed by atoms with E-state index in [0.29, 0.717) is 13.1 Å². The number of carbonyl (C=O) groups is 1. The molecule has 0 bridgehead atoms. The van der Waals surface area contributed by atoms with Crippen LogP contribution in [0, 0.1) is 5.82 Å². The van der Waals surface area contributed by atoms with Crippen LogP contribution in [0.1, 0.15) is 6.42 Å². The fourth-order valence-electron chi connectivity index (χ4n) is 4.13. The summed E-state index contributed by atoms with van der Waals surface area (Å²) in [4.78, 5) is 16.8. The lowest BCUT2D eigenvalue weighted by atomic mass is 10.1. The monoisotopic (exact) mass is 489 g/mol. The van der Waals surface area contributed by atoms with E-state index >= 15 is 0 Å². The molecular formula is C24H28FN3O5S. The smallest absolute Gasteiger partial charge is 0.241 e. The van der Waals surface area contributed by atoms with Crippen LogP contribution in [0.5, 0.6) is 0 Å². The van der Waals surface area contributed by atoms with Gasteiger partial charge in [-0.2, -0.15) is 0 Å². The molecule has 1 amide bonds. The molecule has 0 spiro atoms. The van der Waals surface area contributed by atoms with Gasteiger partial charge in [0.25, 0.3) is 0 Å². The van der Waals surface area contributed by atoms with E-state index in [0.717, 1.165) is 43.0 Å². The van der Waals surface area contributed by atoms with Crippen LogP contribution in [0.3, 0.4) is 0 Å². The Balaban J connectivity index is 1.32. The topological polar surface area (TPSA) is 99.2 Å². The zero-order valence-electron chi connectivity index (χ0n) is 18.6. The van der Waals surface area contributed by atoms with E-state index in [1.165, 1.54) is 0 Å². The number of rotatable bonds is 7. The molecule has 2 aliphatic rings. The quantitative estimate of drug-likeness (QED) is 0.573. The third-order valence-corrected chi connectivity index (χ3v) is 7.48. The molecule has 34 heavy (non-hydrogen) atoms. The molecule has 0 saturated carbocycles. The minimum absolute atomic E-state index is 0.0515. The number of piperazine rings is 1. The average Bonchev–Trinajstić information content (AvgIpc) is 2.85. The summed E-state index contributed by atoms with van der Waals surface area (Å²) in [6.45, 7) is 2.26. The predicted molar refractivity (Wildman–Crippen MR) is 125 cm³/mol. The molecule has 182 valence electrons. The molecule has 2 aliphatic heterocycles. The lowest BCUT2D eigenvalue weighted by Gasteiger charge is -2.37. The summed E-state index contributed by atoms with van der Waals surface area (Å²) < 4.78 is 46.6. The van der Waals surface area contributed by atoms with Crippen LogP contribution in [0.15, 0.2) is 71.6 Å². The van der Waals surface area contributed by atoms with Crippen LogP contribution in [0.4, 0.5) is 10.1 Å². The number of halogens is 1. The molecule has 0 aliphatic carbocycles. The number of ether oxygens (including phenoxy) is 1. The maximum absolute atomic E-state index is 13.1.